The molecule has 0 aromatic carbocycles. The minimum atomic E-state index is -3.68. The predicted octanol–water partition coefficient (Wildman–Crippen LogP) is 0.945. The number of aromatic nitrogens is 3. The summed E-state index contributed by atoms with van der Waals surface area (Å²) < 4.78 is 26.9. The number of rotatable bonds is 5. The molecule has 7 nitrogen and oxygen atoms in total. The highest BCUT2D eigenvalue weighted by molar-refractivity contribution is 7.89. The van der Waals surface area contributed by atoms with Gasteiger partial charge in [-0.3, -0.25) is 0 Å². The SMILES string of the molecule is CCC(NS(=O)(=O)c1cnc(N)nc1)c1nccs1. The molecule has 0 radical (unpaired) electrons. The van der Waals surface area contributed by atoms with Gasteiger partial charge in [-0.1, -0.05) is 6.92 Å². The number of anilines is 1. The molecular weight excluding hydrogens is 286 g/mol. The Kier molecular flexibility index (Phi) is 4.08. The van der Waals surface area contributed by atoms with Crippen molar-refractivity contribution in [2.75, 3.05) is 5.73 Å². The van der Waals surface area contributed by atoms with Crippen molar-refractivity contribution in [3.05, 3.63) is 29.0 Å². The lowest BCUT2D eigenvalue weighted by atomic mass is 10.3. The molecule has 0 aliphatic rings. The van der Waals surface area contributed by atoms with E-state index in [1.165, 1.54) is 23.7 Å². The summed E-state index contributed by atoms with van der Waals surface area (Å²) in [5.41, 5.74) is 5.33. The second-order valence-corrected chi connectivity index (χ2v) is 6.37. The van der Waals surface area contributed by atoms with Crippen molar-refractivity contribution in [3.63, 3.8) is 0 Å². The first kappa shape index (κ1) is 13.8. The highest BCUT2D eigenvalue weighted by Gasteiger charge is 2.22. The van der Waals surface area contributed by atoms with Gasteiger partial charge in [0.1, 0.15) is 9.90 Å². The molecule has 0 spiro atoms. The van der Waals surface area contributed by atoms with Crippen LogP contribution in [-0.2, 0) is 10.0 Å². The molecule has 19 heavy (non-hydrogen) atoms. The molecule has 9 heteroatoms. The van der Waals surface area contributed by atoms with Crippen LogP contribution in [0.25, 0.3) is 0 Å². The van der Waals surface area contributed by atoms with E-state index in [1.807, 2.05) is 6.92 Å². The van der Waals surface area contributed by atoms with Crippen LogP contribution in [0.1, 0.15) is 24.4 Å². The van der Waals surface area contributed by atoms with E-state index in [1.54, 1.807) is 11.6 Å². The third-order valence-corrected chi connectivity index (χ3v) is 4.73. The number of nitrogens with zero attached hydrogens (tertiary/aromatic N) is 3. The quantitative estimate of drug-likeness (QED) is 0.850. The largest absolute Gasteiger partial charge is 0.368 e. The lowest BCUT2D eigenvalue weighted by molar-refractivity contribution is 0.548. The fraction of sp³-hybridized carbons (Fsp3) is 0.300. The first-order valence-corrected chi connectivity index (χ1v) is 7.88. The van der Waals surface area contributed by atoms with Gasteiger partial charge in [0, 0.05) is 11.6 Å². The number of thiazole rings is 1. The van der Waals surface area contributed by atoms with Crippen LogP contribution in [0.2, 0.25) is 0 Å². The summed E-state index contributed by atoms with van der Waals surface area (Å²) in [5.74, 6) is 0.0333. The fourth-order valence-corrected chi connectivity index (χ4v) is 3.45. The maximum absolute atomic E-state index is 12.2. The van der Waals surface area contributed by atoms with Crippen molar-refractivity contribution in [2.24, 2.45) is 0 Å². The highest BCUT2D eigenvalue weighted by Crippen LogP contribution is 2.21. The highest BCUT2D eigenvalue weighted by atomic mass is 32.2. The molecule has 2 rings (SSSR count). The van der Waals surface area contributed by atoms with E-state index in [2.05, 4.69) is 19.7 Å². The smallest absolute Gasteiger partial charge is 0.244 e. The van der Waals surface area contributed by atoms with Crippen molar-refractivity contribution < 1.29 is 8.42 Å². The lowest BCUT2D eigenvalue weighted by Crippen LogP contribution is -2.28. The minimum absolute atomic E-state index is 0.0169. The molecule has 2 aromatic rings. The van der Waals surface area contributed by atoms with Crippen molar-refractivity contribution in [3.8, 4) is 0 Å². The molecule has 102 valence electrons. The number of nitrogen functional groups attached to an aromatic ring is 1. The topological polar surface area (TPSA) is 111 Å². The number of nitrogens with one attached hydrogen (secondary N) is 1. The summed E-state index contributed by atoms with van der Waals surface area (Å²) >= 11 is 1.40. The number of hydrogen-bond acceptors (Lipinski definition) is 7. The maximum atomic E-state index is 12.2. The minimum Gasteiger partial charge on any atom is -0.368 e. The number of nitrogens with two attached hydrogens (primary N) is 1. The van der Waals surface area contributed by atoms with E-state index in [9.17, 15) is 8.42 Å². The summed E-state index contributed by atoms with van der Waals surface area (Å²) in [7, 11) is -3.68. The van der Waals surface area contributed by atoms with Crippen LogP contribution in [0.5, 0.6) is 0 Å². The molecule has 2 heterocycles. The fourth-order valence-electron chi connectivity index (χ4n) is 1.44. The van der Waals surface area contributed by atoms with Crippen molar-refractivity contribution in [1.29, 1.82) is 0 Å². The van der Waals surface area contributed by atoms with E-state index in [-0.39, 0.29) is 16.9 Å². The Morgan fingerprint density at radius 3 is 2.58 bits per heavy atom. The molecule has 0 aliphatic carbocycles. The van der Waals surface area contributed by atoms with Gasteiger partial charge in [-0.05, 0) is 6.42 Å². The second kappa shape index (κ2) is 5.59. The number of hydrogen-bond donors (Lipinski definition) is 2. The molecule has 0 saturated carbocycles. The average molecular weight is 299 g/mol. The molecule has 0 aliphatic heterocycles. The van der Waals surface area contributed by atoms with Gasteiger partial charge in [0.05, 0.1) is 18.4 Å². The normalized spacial score (nSPS) is 13.3. The zero-order valence-electron chi connectivity index (χ0n) is 10.1. The summed E-state index contributed by atoms with van der Waals surface area (Å²) in [6.45, 7) is 1.88. The second-order valence-electron chi connectivity index (χ2n) is 3.73. The third-order valence-electron chi connectivity index (χ3n) is 2.41. The van der Waals surface area contributed by atoms with Crippen LogP contribution in [0.3, 0.4) is 0 Å². The predicted molar refractivity (Wildman–Crippen MR) is 71.9 cm³/mol. The zero-order chi connectivity index (χ0) is 13.9. The van der Waals surface area contributed by atoms with Gasteiger partial charge >= 0.3 is 0 Å². The average Bonchev–Trinajstić information content (AvgIpc) is 2.90. The first-order chi connectivity index (χ1) is 9.03. The van der Waals surface area contributed by atoms with Gasteiger partial charge in [0.25, 0.3) is 0 Å². The van der Waals surface area contributed by atoms with Gasteiger partial charge in [-0.2, -0.15) is 0 Å². The van der Waals surface area contributed by atoms with E-state index >= 15 is 0 Å². The van der Waals surface area contributed by atoms with Gasteiger partial charge in [0.15, 0.2) is 0 Å². The Morgan fingerprint density at radius 2 is 2.05 bits per heavy atom. The molecule has 0 fully saturated rings. The molecule has 0 saturated heterocycles. The van der Waals surface area contributed by atoms with E-state index in [0.717, 1.165) is 5.01 Å². The Balaban J connectivity index is 2.23. The van der Waals surface area contributed by atoms with Crippen LogP contribution >= 0.6 is 11.3 Å². The van der Waals surface area contributed by atoms with Gasteiger partial charge in [-0.25, -0.2) is 28.1 Å². The van der Waals surface area contributed by atoms with E-state index in [0.29, 0.717) is 6.42 Å². The summed E-state index contributed by atoms with van der Waals surface area (Å²) in [4.78, 5) is 11.5. The van der Waals surface area contributed by atoms with Crippen molar-refractivity contribution >= 4 is 27.3 Å². The van der Waals surface area contributed by atoms with Crippen LogP contribution < -0.4 is 10.5 Å². The third kappa shape index (κ3) is 3.25. The van der Waals surface area contributed by atoms with E-state index in [4.69, 9.17) is 5.73 Å². The van der Waals surface area contributed by atoms with Gasteiger partial charge in [0.2, 0.25) is 16.0 Å². The molecule has 1 unspecified atom stereocenters. The molecule has 1 atom stereocenters. The summed E-state index contributed by atoms with van der Waals surface area (Å²) in [6, 6.07) is -0.359. The standard InChI is InChI=1S/C10H13N5O2S2/c1-2-8(9-12-3-4-18-9)15-19(16,17)7-5-13-10(11)14-6-7/h3-6,8,15H,2H2,1H3,(H2,11,13,14). The van der Waals surface area contributed by atoms with Crippen molar-refractivity contribution in [2.45, 2.75) is 24.3 Å². The molecule has 3 N–H and O–H groups in total. The van der Waals surface area contributed by atoms with Gasteiger partial charge in [-0.15, -0.1) is 11.3 Å². The Labute approximate surface area is 115 Å². The van der Waals surface area contributed by atoms with Crippen molar-refractivity contribution in [1.82, 2.24) is 19.7 Å². The van der Waals surface area contributed by atoms with Crippen LogP contribution in [0, 0.1) is 0 Å². The van der Waals surface area contributed by atoms with Crippen LogP contribution in [0.4, 0.5) is 5.95 Å². The molecular formula is C10H13N5O2S2. The zero-order valence-corrected chi connectivity index (χ0v) is 11.8. The van der Waals surface area contributed by atoms with E-state index < -0.39 is 10.0 Å². The Morgan fingerprint density at radius 1 is 1.37 bits per heavy atom. The molecule has 2 aromatic heterocycles. The summed E-state index contributed by atoms with van der Waals surface area (Å²) in [6.07, 6.45) is 4.60. The monoisotopic (exact) mass is 299 g/mol. The Bertz CT molecular complexity index is 624. The van der Waals surface area contributed by atoms with Crippen LogP contribution in [0.15, 0.2) is 28.9 Å². The first-order valence-electron chi connectivity index (χ1n) is 5.52. The Hall–Kier alpha value is -1.58. The van der Waals surface area contributed by atoms with Gasteiger partial charge < -0.3 is 5.73 Å². The molecule has 0 amide bonds. The van der Waals surface area contributed by atoms with Crippen LogP contribution in [-0.4, -0.2) is 23.4 Å². The maximum Gasteiger partial charge on any atom is 0.244 e. The lowest BCUT2D eigenvalue weighted by Gasteiger charge is -2.14. The number of sulfonamides is 1. The molecule has 0 bridgehead atoms. The summed E-state index contributed by atoms with van der Waals surface area (Å²) in [5, 5.41) is 2.53.